The molecule has 3 N–H and O–H groups in total. The average Bonchev–Trinajstić information content (AvgIpc) is 3.32. The van der Waals surface area contributed by atoms with Crippen molar-refractivity contribution < 1.29 is 36.7 Å². The lowest BCUT2D eigenvalue weighted by molar-refractivity contribution is -0.711. The Morgan fingerprint density at radius 3 is 2.60 bits per heavy atom. The smallest absolute Gasteiger partial charge is 0.475 e. The first-order valence-corrected chi connectivity index (χ1v) is 12.1. The summed E-state index contributed by atoms with van der Waals surface area (Å²) in [5.74, 6) is 0.529. The van der Waals surface area contributed by atoms with Gasteiger partial charge in [-0.25, -0.2) is 18.0 Å². The zero-order valence-corrected chi connectivity index (χ0v) is 19.7. The van der Waals surface area contributed by atoms with E-state index in [9.17, 15) is 13.8 Å². The molecule has 0 saturated carbocycles. The zero-order chi connectivity index (χ0) is 24.8. The number of phosphoric acid groups is 1. The van der Waals surface area contributed by atoms with Crippen molar-refractivity contribution in [3.8, 4) is 17.1 Å². The third-order valence-electron chi connectivity index (χ3n) is 5.17. The highest BCUT2D eigenvalue weighted by molar-refractivity contribution is 7.47. The lowest BCUT2D eigenvalue weighted by Crippen LogP contribution is -2.38. The van der Waals surface area contributed by atoms with Gasteiger partial charge in [0, 0.05) is 19.6 Å². The summed E-state index contributed by atoms with van der Waals surface area (Å²) in [7, 11) is -3.07. The number of para-hydroxylation sites is 1. The van der Waals surface area contributed by atoms with Crippen LogP contribution < -0.4 is 15.0 Å². The molecule has 11 heteroatoms. The Labute approximate surface area is 201 Å². The van der Waals surface area contributed by atoms with Crippen LogP contribution in [-0.2, 0) is 33.4 Å². The lowest BCUT2D eigenvalue weighted by atomic mass is 10.1. The molecule has 1 unspecified atom stereocenters. The van der Waals surface area contributed by atoms with Crippen LogP contribution in [0.3, 0.4) is 0 Å². The highest BCUT2D eigenvalue weighted by Gasteiger charge is 2.22. The van der Waals surface area contributed by atoms with Crippen LogP contribution in [0.25, 0.3) is 11.3 Å². The number of nitrogens with zero attached hydrogens (tertiary/aromatic N) is 2. The summed E-state index contributed by atoms with van der Waals surface area (Å²) in [4.78, 5) is 9.42. The molecule has 2 aromatic heterocycles. The van der Waals surface area contributed by atoms with Crippen LogP contribution in [0.1, 0.15) is 16.8 Å². The largest absolute Gasteiger partial charge is 0.486 e. The van der Waals surface area contributed by atoms with Crippen molar-refractivity contribution in [2.45, 2.75) is 19.8 Å². The minimum Gasteiger partial charge on any atom is -0.486 e. The van der Waals surface area contributed by atoms with Gasteiger partial charge in [0.1, 0.15) is 12.2 Å². The van der Waals surface area contributed by atoms with E-state index in [-0.39, 0.29) is 24.9 Å². The van der Waals surface area contributed by atoms with Gasteiger partial charge < -0.3 is 14.2 Å². The number of benzene rings is 2. The van der Waals surface area contributed by atoms with Gasteiger partial charge in [-0.2, -0.15) is 0 Å². The normalized spacial score (nSPS) is 12.9. The fourth-order valence-corrected chi connectivity index (χ4v) is 3.66. The summed E-state index contributed by atoms with van der Waals surface area (Å²) < 4.78 is 47.0. The molecule has 0 bridgehead atoms. The molecule has 2 aromatic carbocycles. The maximum absolute atomic E-state index is 13.7. The molecule has 1 atom stereocenters. The summed E-state index contributed by atoms with van der Waals surface area (Å²) in [6.07, 6.45) is 2.12. The maximum Gasteiger partial charge on any atom is 0.475 e. The summed E-state index contributed by atoms with van der Waals surface area (Å²) in [5, 5.41) is 4.12. The first-order valence-electron chi connectivity index (χ1n) is 10.6. The first-order chi connectivity index (χ1) is 16.8. The number of anilines is 1. The molecule has 182 valence electrons. The van der Waals surface area contributed by atoms with Gasteiger partial charge in [0.2, 0.25) is 6.73 Å². The Morgan fingerprint density at radius 1 is 1.11 bits per heavy atom. The van der Waals surface area contributed by atoms with Crippen molar-refractivity contribution in [2.24, 2.45) is 0 Å². The molecule has 0 aliphatic rings. The first kappa shape index (κ1) is 24.6. The number of ether oxygens (including phenoxy) is 1. The summed E-state index contributed by atoms with van der Waals surface area (Å²) in [5.41, 5.74) is 9.35. The topological polar surface area (TPSA) is 121 Å². The molecule has 4 rings (SSSR count). The highest BCUT2D eigenvalue weighted by Crippen LogP contribution is 2.41. The summed E-state index contributed by atoms with van der Waals surface area (Å²) in [6.45, 7) is -0.0301. The Balaban J connectivity index is 1.40. The molecular formula is C24H24FN3O6P+. The molecule has 0 amide bonds. The second-order valence-corrected chi connectivity index (χ2v) is 9.14. The van der Waals surface area contributed by atoms with Crippen molar-refractivity contribution in [1.82, 2.24) is 5.16 Å². The van der Waals surface area contributed by atoms with Gasteiger partial charge in [-0.1, -0.05) is 41.6 Å². The van der Waals surface area contributed by atoms with Crippen molar-refractivity contribution in [3.63, 3.8) is 0 Å². The zero-order valence-electron chi connectivity index (χ0n) is 18.8. The van der Waals surface area contributed by atoms with Crippen LogP contribution in [0.5, 0.6) is 5.75 Å². The van der Waals surface area contributed by atoms with Gasteiger partial charge in [0.05, 0.1) is 11.9 Å². The molecule has 0 fully saturated rings. The van der Waals surface area contributed by atoms with Crippen LogP contribution in [0.2, 0.25) is 0 Å². The number of hydrogen-bond donors (Lipinski definition) is 2. The van der Waals surface area contributed by atoms with E-state index >= 15 is 0 Å². The number of pyridine rings is 1. The van der Waals surface area contributed by atoms with Gasteiger partial charge in [0.15, 0.2) is 17.3 Å². The number of nitrogens with two attached hydrogens (primary N) is 1. The minimum atomic E-state index is -4.14. The van der Waals surface area contributed by atoms with Gasteiger partial charge in [-0.05, 0) is 35.4 Å². The van der Waals surface area contributed by atoms with Gasteiger partial charge in [-0.3, -0.25) is 10.3 Å². The van der Waals surface area contributed by atoms with Crippen molar-refractivity contribution in [1.29, 1.82) is 0 Å². The number of rotatable bonds is 10. The quantitative estimate of drug-likeness (QED) is 0.245. The number of halogens is 1. The maximum atomic E-state index is 13.7. The van der Waals surface area contributed by atoms with Crippen LogP contribution in [0.4, 0.5) is 10.2 Å². The van der Waals surface area contributed by atoms with Gasteiger partial charge >= 0.3 is 7.82 Å². The van der Waals surface area contributed by atoms with E-state index in [1.54, 1.807) is 42.6 Å². The molecule has 2 heterocycles. The summed E-state index contributed by atoms with van der Waals surface area (Å²) >= 11 is 0. The van der Waals surface area contributed by atoms with Gasteiger partial charge in [0.25, 0.3) is 5.82 Å². The molecule has 0 aliphatic carbocycles. The van der Waals surface area contributed by atoms with Gasteiger partial charge in [-0.15, -0.1) is 0 Å². The van der Waals surface area contributed by atoms with E-state index in [2.05, 4.69) is 9.68 Å². The second-order valence-electron chi connectivity index (χ2n) is 7.58. The van der Waals surface area contributed by atoms with E-state index in [4.69, 9.17) is 19.5 Å². The van der Waals surface area contributed by atoms with Crippen molar-refractivity contribution >= 4 is 13.6 Å². The molecule has 0 radical (unpaired) electrons. The Kier molecular flexibility index (Phi) is 7.57. The average molecular weight is 500 g/mol. The number of aromatic nitrogens is 2. The number of phosphoric ester groups is 1. The molecule has 4 aromatic rings. The van der Waals surface area contributed by atoms with E-state index in [1.165, 1.54) is 10.6 Å². The fourth-order valence-electron chi connectivity index (χ4n) is 3.28. The number of nitrogen functional groups attached to an aromatic ring is 1. The molecule has 0 saturated heterocycles. The monoisotopic (exact) mass is 500 g/mol. The lowest BCUT2D eigenvalue weighted by Gasteiger charge is -2.09. The molecule has 0 aliphatic heterocycles. The summed E-state index contributed by atoms with van der Waals surface area (Å²) in [6, 6.07) is 19.2. The third kappa shape index (κ3) is 6.32. The molecular weight excluding hydrogens is 476 g/mol. The van der Waals surface area contributed by atoms with Crippen LogP contribution in [0.15, 0.2) is 77.4 Å². The second kappa shape index (κ2) is 10.8. The van der Waals surface area contributed by atoms with Crippen LogP contribution >= 0.6 is 7.82 Å². The molecule has 9 nitrogen and oxygen atoms in total. The SMILES string of the molecule is COP(=O)(O)OC[n+]1cccc(-c2cc(Cc3ccc(COc4ccccc4F)cc3)no2)c1N. The predicted molar refractivity (Wildman–Crippen MR) is 124 cm³/mol. The molecule has 35 heavy (non-hydrogen) atoms. The standard InChI is InChI=1S/C24H23FN3O6P/c1-31-35(29,30)33-16-28-12-4-5-20(24(28)26)23-14-19(27-34-23)13-17-8-10-18(11-9-17)15-32-22-7-3-2-6-21(22)25/h2-12,14,26H,13,15-16H2,1H3,(H,29,30)/p+1. The van der Waals surface area contributed by atoms with E-state index in [1.807, 2.05) is 24.3 Å². The Morgan fingerprint density at radius 2 is 1.86 bits per heavy atom. The van der Waals surface area contributed by atoms with Crippen LogP contribution in [0, 0.1) is 5.82 Å². The Hall–Kier alpha value is -3.56. The fraction of sp³-hybridized carbons (Fsp3) is 0.167. The van der Waals surface area contributed by atoms with E-state index in [0.717, 1.165) is 18.2 Å². The molecule has 0 spiro atoms. The number of hydrogen-bond acceptors (Lipinski definition) is 7. The van der Waals surface area contributed by atoms with E-state index < -0.39 is 13.6 Å². The third-order valence-corrected chi connectivity index (χ3v) is 6.07. The van der Waals surface area contributed by atoms with Crippen LogP contribution in [-0.4, -0.2) is 17.2 Å². The van der Waals surface area contributed by atoms with Crippen molar-refractivity contribution in [3.05, 3.63) is 95.6 Å². The highest BCUT2D eigenvalue weighted by atomic mass is 31.2. The van der Waals surface area contributed by atoms with E-state index in [0.29, 0.717) is 23.4 Å². The minimum absolute atomic E-state index is 0.212. The predicted octanol–water partition coefficient (Wildman–Crippen LogP) is 4.24. The Bertz CT molecular complexity index is 1350. The van der Waals surface area contributed by atoms with Crippen molar-refractivity contribution in [2.75, 3.05) is 12.8 Å².